The predicted molar refractivity (Wildman–Crippen MR) is 82.7 cm³/mol. The molecule has 2 amide bonds. The zero-order valence-electron chi connectivity index (χ0n) is 13.3. The number of urea groups is 1. The van der Waals surface area contributed by atoms with E-state index in [0.29, 0.717) is 11.7 Å². The molecule has 1 rings (SSSR count). The third-order valence-corrected chi connectivity index (χ3v) is 3.94. The lowest BCUT2D eigenvalue weighted by Gasteiger charge is -2.44. The van der Waals surface area contributed by atoms with Gasteiger partial charge in [-0.1, -0.05) is 20.4 Å². The van der Waals surface area contributed by atoms with Gasteiger partial charge < -0.3 is 16.0 Å². The first-order valence-corrected chi connectivity index (χ1v) is 6.83. The maximum atomic E-state index is 12.3. The Morgan fingerprint density at radius 3 is 2.45 bits per heavy atom. The fraction of sp³-hybridized carbons (Fsp3) is 0.533. The Morgan fingerprint density at radius 1 is 1.40 bits per heavy atom. The van der Waals surface area contributed by atoms with Gasteiger partial charge in [0.2, 0.25) is 0 Å². The van der Waals surface area contributed by atoms with Crippen molar-refractivity contribution in [1.82, 2.24) is 20.9 Å². The molecule has 0 aromatic heterocycles. The summed E-state index contributed by atoms with van der Waals surface area (Å²) in [7, 11) is 3.37. The molecule has 0 aliphatic carbocycles. The minimum atomic E-state index is -0.342. The number of amides is 2. The van der Waals surface area contributed by atoms with Crippen molar-refractivity contribution in [3.8, 4) is 0 Å². The second-order valence-corrected chi connectivity index (χ2v) is 5.45. The van der Waals surface area contributed by atoms with Crippen LogP contribution in [0.1, 0.15) is 27.7 Å². The Hall–Kier alpha value is -1.91. The molecular weight excluding hydrogens is 252 g/mol. The fourth-order valence-corrected chi connectivity index (χ4v) is 2.33. The number of nitrogens with zero attached hydrogens (tertiary/aromatic N) is 1. The van der Waals surface area contributed by atoms with E-state index in [2.05, 4.69) is 43.3 Å². The van der Waals surface area contributed by atoms with E-state index >= 15 is 0 Å². The quantitative estimate of drug-likeness (QED) is 0.738. The molecule has 0 bridgehead atoms. The summed E-state index contributed by atoms with van der Waals surface area (Å²) in [6, 6.07) is -0.206. The van der Waals surface area contributed by atoms with E-state index in [4.69, 9.17) is 0 Å². The average molecular weight is 278 g/mol. The Kier molecular flexibility index (Phi) is 4.87. The van der Waals surface area contributed by atoms with Crippen molar-refractivity contribution in [2.24, 2.45) is 5.92 Å². The molecular formula is C15H26N4O. The molecule has 0 saturated heterocycles. The highest BCUT2D eigenvalue weighted by Gasteiger charge is 2.40. The van der Waals surface area contributed by atoms with Crippen LogP contribution in [0, 0.1) is 5.92 Å². The number of hydrogen-bond donors (Lipinski definition) is 3. The summed E-state index contributed by atoms with van der Waals surface area (Å²) >= 11 is 0. The Morgan fingerprint density at radius 2 is 2.00 bits per heavy atom. The van der Waals surface area contributed by atoms with Gasteiger partial charge in [0.25, 0.3) is 0 Å². The van der Waals surface area contributed by atoms with Crippen LogP contribution in [0.15, 0.2) is 35.9 Å². The highest BCUT2D eigenvalue weighted by molar-refractivity contribution is 5.78. The third kappa shape index (κ3) is 2.66. The van der Waals surface area contributed by atoms with Crippen molar-refractivity contribution >= 4 is 6.03 Å². The summed E-state index contributed by atoms with van der Waals surface area (Å²) in [5.74, 6) is 0.844. The molecule has 1 aliphatic rings. The Labute approximate surface area is 121 Å². The summed E-state index contributed by atoms with van der Waals surface area (Å²) < 4.78 is 0. The second-order valence-electron chi connectivity index (χ2n) is 5.45. The summed E-state index contributed by atoms with van der Waals surface area (Å²) in [4.78, 5) is 13.9. The van der Waals surface area contributed by atoms with Crippen molar-refractivity contribution in [2.45, 2.75) is 33.2 Å². The van der Waals surface area contributed by atoms with Crippen LogP contribution in [-0.2, 0) is 0 Å². The van der Waals surface area contributed by atoms with Gasteiger partial charge >= 0.3 is 6.03 Å². The van der Waals surface area contributed by atoms with Gasteiger partial charge in [-0.3, -0.25) is 4.90 Å². The Balaban J connectivity index is 3.43. The molecule has 0 aromatic rings. The van der Waals surface area contributed by atoms with Gasteiger partial charge in [-0.2, -0.15) is 0 Å². The largest absolute Gasteiger partial charge is 0.380 e. The molecule has 0 radical (unpaired) electrons. The molecule has 5 heteroatoms. The minimum Gasteiger partial charge on any atom is -0.380 e. The van der Waals surface area contributed by atoms with E-state index in [-0.39, 0.29) is 11.6 Å². The van der Waals surface area contributed by atoms with Crippen LogP contribution in [0.3, 0.4) is 0 Å². The molecule has 0 fully saturated rings. The zero-order valence-corrected chi connectivity index (χ0v) is 13.3. The van der Waals surface area contributed by atoms with Crippen molar-refractivity contribution in [2.75, 3.05) is 14.1 Å². The summed E-state index contributed by atoms with van der Waals surface area (Å²) in [5.41, 5.74) is 1.61. The molecule has 1 heterocycles. The molecule has 3 N–H and O–H groups in total. The van der Waals surface area contributed by atoms with Crippen LogP contribution in [0.25, 0.3) is 0 Å². The van der Waals surface area contributed by atoms with Crippen molar-refractivity contribution in [3.05, 3.63) is 35.9 Å². The minimum absolute atomic E-state index is 0.206. The van der Waals surface area contributed by atoms with E-state index in [9.17, 15) is 4.79 Å². The number of rotatable bonds is 4. The molecule has 1 atom stereocenters. The second kappa shape index (κ2) is 6.03. The predicted octanol–water partition coefficient (Wildman–Crippen LogP) is 2.12. The SMILES string of the molecule is C=C(NC)N(C(=O)NC)C1=C(C)C=CNC1(C)C(C)C. The van der Waals surface area contributed by atoms with E-state index in [1.54, 1.807) is 19.0 Å². The van der Waals surface area contributed by atoms with Crippen LogP contribution >= 0.6 is 0 Å². The van der Waals surface area contributed by atoms with Gasteiger partial charge in [0, 0.05) is 14.1 Å². The van der Waals surface area contributed by atoms with Crippen LogP contribution in [0.4, 0.5) is 4.79 Å². The normalized spacial score (nSPS) is 21.6. The highest BCUT2D eigenvalue weighted by Crippen LogP contribution is 2.34. The van der Waals surface area contributed by atoms with E-state index < -0.39 is 0 Å². The molecule has 20 heavy (non-hydrogen) atoms. The number of hydrogen-bond acceptors (Lipinski definition) is 3. The number of carbonyl (C=O) groups is 1. The highest BCUT2D eigenvalue weighted by atomic mass is 16.2. The molecule has 0 saturated carbocycles. The van der Waals surface area contributed by atoms with Crippen LogP contribution in [-0.4, -0.2) is 30.6 Å². The number of allylic oxidation sites excluding steroid dienone is 2. The lowest BCUT2D eigenvalue weighted by molar-refractivity contribution is 0.203. The molecule has 1 unspecified atom stereocenters. The van der Waals surface area contributed by atoms with Crippen LogP contribution < -0.4 is 16.0 Å². The molecule has 1 aliphatic heterocycles. The summed E-state index contributed by atoms with van der Waals surface area (Å²) in [6.07, 6.45) is 3.90. The molecule has 5 nitrogen and oxygen atoms in total. The summed E-state index contributed by atoms with van der Waals surface area (Å²) in [5, 5.41) is 9.02. The van der Waals surface area contributed by atoms with Gasteiger partial charge in [-0.15, -0.1) is 0 Å². The lowest BCUT2D eigenvalue weighted by atomic mass is 9.81. The molecule has 112 valence electrons. The standard InChI is InChI=1S/C15H26N4O/c1-10(2)15(5)13(11(3)8-9-18-15)19(12(4)16-6)14(20)17-7/h8-10,16,18H,4H2,1-3,5-7H3,(H,17,20). The number of carbonyl (C=O) groups excluding carboxylic acids is 1. The topological polar surface area (TPSA) is 56.4 Å². The maximum Gasteiger partial charge on any atom is 0.327 e. The van der Waals surface area contributed by atoms with E-state index in [1.807, 2.05) is 19.2 Å². The Bertz CT molecular complexity index is 448. The zero-order chi connectivity index (χ0) is 15.5. The monoisotopic (exact) mass is 278 g/mol. The first kappa shape index (κ1) is 16.1. The van der Waals surface area contributed by atoms with Crippen molar-refractivity contribution in [3.63, 3.8) is 0 Å². The maximum absolute atomic E-state index is 12.3. The van der Waals surface area contributed by atoms with Gasteiger partial charge in [0.1, 0.15) is 5.82 Å². The molecule has 0 aromatic carbocycles. The van der Waals surface area contributed by atoms with Gasteiger partial charge in [-0.25, -0.2) is 4.79 Å². The lowest BCUT2D eigenvalue weighted by Crippen LogP contribution is -2.55. The number of dihydropyridines is 1. The first-order chi connectivity index (χ1) is 9.29. The summed E-state index contributed by atoms with van der Waals surface area (Å²) in [6.45, 7) is 12.3. The molecule has 0 spiro atoms. The third-order valence-electron chi connectivity index (χ3n) is 3.94. The van der Waals surface area contributed by atoms with E-state index in [0.717, 1.165) is 11.3 Å². The van der Waals surface area contributed by atoms with Crippen molar-refractivity contribution in [1.29, 1.82) is 0 Å². The van der Waals surface area contributed by atoms with Crippen molar-refractivity contribution < 1.29 is 4.79 Å². The fourth-order valence-electron chi connectivity index (χ4n) is 2.33. The number of nitrogens with one attached hydrogen (secondary N) is 3. The first-order valence-electron chi connectivity index (χ1n) is 6.83. The average Bonchev–Trinajstić information content (AvgIpc) is 2.41. The van der Waals surface area contributed by atoms with E-state index in [1.165, 1.54) is 0 Å². The smallest absolute Gasteiger partial charge is 0.327 e. The van der Waals surface area contributed by atoms with Gasteiger partial charge in [0.15, 0.2) is 0 Å². The van der Waals surface area contributed by atoms with Crippen LogP contribution in [0.2, 0.25) is 0 Å². The van der Waals surface area contributed by atoms with Gasteiger partial charge in [-0.05, 0) is 37.6 Å². The van der Waals surface area contributed by atoms with Gasteiger partial charge in [0.05, 0.1) is 11.2 Å². The van der Waals surface area contributed by atoms with Crippen LogP contribution in [0.5, 0.6) is 0 Å².